The van der Waals surface area contributed by atoms with Gasteiger partial charge in [-0.2, -0.15) is 9.97 Å². The molecule has 1 atom stereocenters. The van der Waals surface area contributed by atoms with E-state index in [0.717, 1.165) is 41.2 Å². The van der Waals surface area contributed by atoms with Crippen molar-refractivity contribution in [1.82, 2.24) is 14.5 Å². The number of fused-ring (bicyclic) bond motifs is 4. The fourth-order valence-electron chi connectivity index (χ4n) is 5.52. The Bertz CT molecular complexity index is 1350. The van der Waals surface area contributed by atoms with Crippen molar-refractivity contribution in [3.05, 3.63) is 71.4 Å². The van der Waals surface area contributed by atoms with Crippen molar-refractivity contribution in [2.45, 2.75) is 45.2 Å². The predicted molar refractivity (Wildman–Crippen MR) is 136 cm³/mol. The number of anilines is 2. The van der Waals surface area contributed by atoms with Gasteiger partial charge in [-0.25, -0.2) is 0 Å². The van der Waals surface area contributed by atoms with Crippen LogP contribution < -0.4 is 15.7 Å². The molecule has 0 amide bonds. The van der Waals surface area contributed by atoms with E-state index in [1.807, 2.05) is 35.8 Å². The molecule has 8 heteroatoms. The first kappa shape index (κ1) is 21.2. The molecule has 34 heavy (non-hydrogen) atoms. The lowest BCUT2D eigenvalue weighted by molar-refractivity contribution is 0.426. The highest BCUT2D eigenvalue weighted by molar-refractivity contribution is 6.61. The fourth-order valence-corrected chi connectivity index (χ4v) is 5.52. The summed E-state index contributed by atoms with van der Waals surface area (Å²) >= 11 is 0. The molecule has 1 unspecified atom stereocenters. The number of aryl methyl sites for hydroxylation is 1. The summed E-state index contributed by atoms with van der Waals surface area (Å²) < 4.78 is 2.02. The molecule has 0 bridgehead atoms. The van der Waals surface area contributed by atoms with E-state index in [2.05, 4.69) is 34.5 Å². The van der Waals surface area contributed by atoms with E-state index in [9.17, 15) is 10.0 Å². The Hall–Kier alpha value is -3.36. The molecule has 6 rings (SSSR count). The van der Waals surface area contributed by atoms with Crippen molar-refractivity contribution < 1.29 is 10.0 Å². The van der Waals surface area contributed by atoms with Gasteiger partial charge in [-0.05, 0) is 49.3 Å². The lowest BCUT2D eigenvalue weighted by Crippen LogP contribution is -2.36. The van der Waals surface area contributed by atoms with Gasteiger partial charge >= 0.3 is 7.12 Å². The van der Waals surface area contributed by atoms with Crippen molar-refractivity contribution in [2.24, 2.45) is 0 Å². The number of nitrogens with one attached hydrogen (secondary N) is 1. The average Bonchev–Trinajstić information content (AvgIpc) is 3.39. The van der Waals surface area contributed by atoms with Crippen LogP contribution in [0.15, 0.2) is 54.6 Å². The van der Waals surface area contributed by atoms with Gasteiger partial charge in [-0.3, -0.25) is 4.57 Å². The Morgan fingerprint density at radius 1 is 1.06 bits per heavy atom. The van der Waals surface area contributed by atoms with Gasteiger partial charge in [0.1, 0.15) is 11.6 Å². The third kappa shape index (κ3) is 3.54. The molecule has 7 nitrogen and oxygen atoms in total. The van der Waals surface area contributed by atoms with Gasteiger partial charge in [-0.1, -0.05) is 42.5 Å². The van der Waals surface area contributed by atoms with Crippen LogP contribution in [0.2, 0.25) is 0 Å². The summed E-state index contributed by atoms with van der Waals surface area (Å²) in [6.45, 7) is 3.73. The summed E-state index contributed by atoms with van der Waals surface area (Å²) in [5.41, 5.74) is 4.71. The predicted octanol–water partition coefficient (Wildman–Crippen LogP) is 2.94. The highest BCUT2D eigenvalue weighted by Crippen LogP contribution is 2.39. The third-order valence-corrected chi connectivity index (χ3v) is 7.16. The maximum atomic E-state index is 9.87. The Morgan fingerprint density at radius 2 is 1.91 bits per heavy atom. The fraction of sp³-hybridized carbons (Fsp3) is 0.308. The second kappa shape index (κ2) is 8.45. The van der Waals surface area contributed by atoms with Gasteiger partial charge in [0.15, 0.2) is 0 Å². The summed E-state index contributed by atoms with van der Waals surface area (Å²) in [4.78, 5) is 12.6. The van der Waals surface area contributed by atoms with Crippen LogP contribution in [0.25, 0.3) is 16.9 Å². The Morgan fingerprint density at radius 3 is 2.74 bits per heavy atom. The lowest BCUT2D eigenvalue weighted by Gasteiger charge is -2.31. The van der Waals surface area contributed by atoms with Gasteiger partial charge in [-0.15, -0.1) is 0 Å². The van der Waals surface area contributed by atoms with Gasteiger partial charge in [0, 0.05) is 42.2 Å². The van der Waals surface area contributed by atoms with E-state index < -0.39 is 7.12 Å². The molecule has 4 heterocycles. The molecule has 0 saturated carbocycles. The SMILES string of the molecule is Cc1cc2c(B(O)O)cccc2n1-c1nc(NCc2ccccc2)c2c(n1)N1CCCCC1C2. The third-order valence-electron chi connectivity index (χ3n) is 7.16. The molecule has 4 aromatic rings. The molecule has 2 aliphatic rings. The minimum absolute atomic E-state index is 0.485. The quantitative estimate of drug-likeness (QED) is 0.403. The van der Waals surface area contributed by atoms with Crippen molar-refractivity contribution in [1.29, 1.82) is 0 Å². The molecule has 2 aromatic carbocycles. The molecule has 0 spiro atoms. The van der Waals surface area contributed by atoms with E-state index in [4.69, 9.17) is 9.97 Å². The molecular formula is C26H28BN5O2. The number of benzene rings is 2. The summed E-state index contributed by atoms with van der Waals surface area (Å²) in [7, 11) is -1.53. The number of aromatic nitrogens is 3. The van der Waals surface area contributed by atoms with Crippen LogP contribution in [0.1, 0.15) is 36.1 Å². The first-order chi connectivity index (χ1) is 16.6. The molecule has 1 saturated heterocycles. The normalized spacial score (nSPS) is 17.0. The summed E-state index contributed by atoms with van der Waals surface area (Å²) in [5.74, 6) is 2.53. The van der Waals surface area contributed by atoms with Crippen LogP contribution in [0.3, 0.4) is 0 Å². The van der Waals surface area contributed by atoms with Crippen molar-refractivity contribution >= 4 is 35.1 Å². The minimum atomic E-state index is -1.53. The second-order valence-corrected chi connectivity index (χ2v) is 9.34. The second-order valence-electron chi connectivity index (χ2n) is 9.34. The van der Waals surface area contributed by atoms with Crippen molar-refractivity contribution in [3.8, 4) is 5.95 Å². The summed E-state index contributed by atoms with van der Waals surface area (Å²) in [6.07, 6.45) is 4.60. The highest BCUT2D eigenvalue weighted by atomic mass is 16.4. The van der Waals surface area contributed by atoms with Crippen molar-refractivity contribution in [3.63, 3.8) is 0 Å². The van der Waals surface area contributed by atoms with Crippen LogP contribution >= 0.6 is 0 Å². The maximum absolute atomic E-state index is 9.87. The topological polar surface area (TPSA) is 86.4 Å². The first-order valence-electron chi connectivity index (χ1n) is 12.0. The van der Waals surface area contributed by atoms with E-state index in [1.54, 1.807) is 6.07 Å². The van der Waals surface area contributed by atoms with Crippen LogP contribution in [0.5, 0.6) is 0 Å². The maximum Gasteiger partial charge on any atom is 0.489 e. The number of hydrogen-bond donors (Lipinski definition) is 3. The Kier molecular flexibility index (Phi) is 5.27. The number of rotatable bonds is 5. The summed E-state index contributed by atoms with van der Waals surface area (Å²) in [6, 6.07) is 18.4. The first-order valence-corrected chi connectivity index (χ1v) is 12.0. The number of nitrogens with zero attached hydrogens (tertiary/aromatic N) is 4. The van der Waals surface area contributed by atoms with Gasteiger partial charge in [0.05, 0.1) is 5.52 Å². The Labute approximate surface area is 199 Å². The molecule has 0 radical (unpaired) electrons. The lowest BCUT2D eigenvalue weighted by atomic mass is 9.78. The van der Waals surface area contributed by atoms with E-state index in [0.29, 0.717) is 24.0 Å². The van der Waals surface area contributed by atoms with E-state index in [-0.39, 0.29) is 0 Å². The molecule has 2 aromatic heterocycles. The number of hydrogen-bond acceptors (Lipinski definition) is 6. The zero-order valence-electron chi connectivity index (χ0n) is 19.3. The van der Waals surface area contributed by atoms with Crippen LogP contribution in [-0.4, -0.2) is 44.3 Å². The standard InChI is InChI=1S/C26H28BN5O2/c1-17-14-20-22(27(33)34)11-7-12-23(20)32(17)26-29-24(28-16-18-8-3-2-4-9-18)21-15-19-10-5-6-13-31(19)25(21)30-26/h2-4,7-9,11-12,14,19,33-34H,5-6,10,13,15-16H2,1H3,(H,28,29,30). The average molecular weight is 453 g/mol. The van der Waals surface area contributed by atoms with E-state index >= 15 is 0 Å². The zero-order chi connectivity index (χ0) is 23.2. The van der Waals surface area contributed by atoms with Gasteiger partial charge < -0.3 is 20.3 Å². The van der Waals surface area contributed by atoms with Crippen LogP contribution in [0.4, 0.5) is 11.6 Å². The van der Waals surface area contributed by atoms with Crippen LogP contribution in [-0.2, 0) is 13.0 Å². The molecule has 2 aliphatic heterocycles. The number of piperidine rings is 1. The van der Waals surface area contributed by atoms with Gasteiger partial charge in [0.25, 0.3) is 0 Å². The molecule has 0 aliphatic carbocycles. The Balaban J connectivity index is 1.49. The summed E-state index contributed by atoms with van der Waals surface area (Å²) in [5, 5.41) is 24.1. The largest absolute Gasteiger partial charge is 0.489 e. The van der Waals surface area contributed by atoms with Crippen LogP contribution in [0, 0.1) is 6.92 Å². The smallest absolute Gasteiger partial charge is 0.423 e. The molecule has 3 N–H and O–H groups in total. The minimum Gasteiger partial charge on any atom is -0.423 e. The van der Waals surface area contributed by atoms with E-state index in [1.165, 1.54) is 30.4 Å². The zero-order valence-corrected chi connectivity index (χ0v) is 19.3. The highest BCUT2D eigenvalue weighted by Gasteiger charge is 2.35. The monoisotopic (exact) mass is 453 g/mol. The molecular weight excluding hydrogens is 425 g/mol. The van der Waals surface area contributed by atoms with Crippen molar-refractivity contribution in [2.75, 3.05) is 16.8 Å². The molecule has 1 fully saturated rings. The molecule has 172 valence electrons. The van der Waals surface area contributed by atoms with Gasteiger partial charge in [0.2, 0.25) is 5.95 Å².